The third-order valence-electron chi connectivity index (χ3n) is 4.73. The minimum absolute atomic E-state index is 0.0226. The highest BCUT2D eigenvalue weighted by molar-refractivity contribution is 6.47. The van der Waals surface area contributed by atoms with Gasteiger partial charge in [-0.05, 0) is 25.1 Å². The Balaban J connectivity index is 2.14. The number of esters is 1. The number of hydrazone groups is 1. The highest BCUT2D eigenvalue weighted by atomic mass is 16.6. The summed E-state index contributed by atoms with van der Waals surface area (Å²) in [5.41, 5.74) is 5.92. The number of nitrogens with zero attached hydrogens (tertiary/aromatic N) is 3. The number of H-pyrrole nitrogens is 1. The van der Waals surface area contributed by atoms with E-state index in [1.165, 1.54) is 6.07 Å². The van der Waals surface area contributed by atoms with Gasteiger partial charge in [0, 0.05) is 17.8 Å². The predicted octanol–water partition coefficient (Wildman–Crippen LogP) is 1.06. The molecule has 3 aromatic rings. The number of aromatic amines is 1. The van der Waals surface area contributed by atoms with E-state index in [0.29, 0.717) is 5.69 Å². The fourth-order valence-electron chi connectivity index (χ4n) is 3.06. The SMILES string of the molecule is COC(=O)[C@@H](/C(=N\NC(N)=O)C(=O)Nc1ccc(C)cc1)c1nc2ccc([N+](=O)[O-])cc2[nH]c1=O. The van der Waals surface area contributed by atoms with Crippen LogP contribution >= 0.6 is 0 Å². The fraction of sp³-hybridized carbons (Fsp3) is 0.143. The number of aromatic nitrogens is 2. The van der Waals surface area contributed by atoms with Gasteiger partial charge in [-0.2, -0.15) is 5.10 Å². The van der Waals surface area contributed by atoms with Crippen LogP contribution in [0.4, 0.5) is 16.2 Å². The summed E-state index contributed by atoms with van der Waals surface area (Å²) in [5.74, 6) is -3.84. The van der Waals surface area contributed by atoms with Crippen molar-refractivity contribution in [3.63, 3.8) is 0 Å². The zero-order valence-electron chi connectivity index (χ0n) is 18.4. The Morgan fingerprint density at radius 1 is 1.20 bits per heavy atom. The molecular formula is C21H19N7O7. The maximum Gasteiger partial charge on any atom is 0.332 e. The van der Waals surface area contributed by atoms with Crippen LogP contribution in [0.3, 0.4) is 0 Å². The zero-order chi connectivity index (χ0) is 25.7. The molecule has 0 saturated heterocycles. The number of carbonyl (C=O) groups excluding carboxylic acids is 3. The number of nitro benzene ring substituents is 1. The quantitative estimate of drug-likeness (QED) is 0.165. The molecule has 14 heteroatoms. The Kier molecular flexibility index (Phi) is 7.14. The van der Waals surface area contributed by atoms with Gasteiger partial charge in [0.1, 0.15) is 11.4 Å². The fourth-order valence-corrected chi connectivity index (χ4v) is 3.06. The minimum atomic E-state index is -1.79. The first-order valence-electron chi connectivity index (χ1n) is 9.88. The maximum atomic E-state index is 13.1. The summed E-state index contributed by atoms with van der Waals surface area (Å²) in [7, 11) is 1.02. The minimum Gasteiger partial charge on any atom is -0.468 e. The van der Waals surface area contributed by atoms with Crippen LogP contribution in [0.15, 0.2) is 52.4 Å². The smallest absolute Gasteiger partial charge is 0.332 e. The second kappa shape index (κ2) is 10.2. The van der Waals surface area contributed by atoms with E-state index in [0.717, 1.165) is 24.8 Å². The molecule has 35 heavy (non-hydrogen) atoms. The molecule has 0 saturated carbocycles. The van der Waals surface area contributed by atoms with Gasteiger partial charge < -0.3 is 20.8 Å². The number of nitrogens with one attached hydrogen (secondary N) is 3. The van der Waals surface area contributed by atoms with Crippen molar-refractivity contribution in [3.8, 4) is 0 Å². The van der Waals surface area contributed by atoms with E-state index >= 15 is 0 Å². The summed E-state index contributed by atoms with van der Waals surface area (Å²) in [6, 6.07) is 8.99. The van der Waals surface area contributed by atoms with E-state index in [4.69, 9.17) is 10.5 Å². The predicted molar refractivity (Wildman–Crippen MR) is 124 cm³/mol. The monoisotopic (exact) mass is 481 g/mol. The topological polar surface area (TPSA) is 212 Å². The first kappa shape index (κ1) is 24.5. The van der Waals surface area contributed by atoms with Gasteiger partial charge in [-0.15, -0.1) is 0 Å². The number of hydrogen-bond donors (Lipinski definition) is 4. The average Bonchev–Trinajstić information content (AvgIpc) is 2.82. The van der Waals surface area contributed by atoms with Crippen molar-refractivity contribution < 1.29 is 24.0 Å². The molecule has 1 atom stereocenters. The lowest BCUT2D eigenvalue weighted by atomic mass is 9.98. The Hall–Kier alpha value is -5.14. The Bertz CT molecular complexity index is 1410. The number of ether oxygens (including phenoxy) is 1. The molecule has 14 nitrogen and oxygen atoms in total. The molecule has 0 radical (unpaired) electrons. The number of amides is 3. The molecule has 0 aliphatic heterocycles. The molecule has 0 spiro atoms. The highest BCUT2D eigenvalue weighted by Gasteiger charge is 2.36. The van der Waals surface area contributed by atoms with Gasteiger partial charge in [0.05, 0.1) is 23.1 Å². The van der Waals surface area contributed by atoms with Crippen LogP contribution in [0.5, 0.6) is 0 Å². The number of hydrogen-bond acceptors (Lipinski definition) is 9. The number of benzene rings is 2. The van der Waals surface area contributed by atoms with Gasteiger partial charge in [-0.25, -0.2) is 15.2 Å². The van der Waals surface area contributed by atoms with Crippen LogP contribution in [0.1, 0.15) is 17.2 Å². The standard InChI is InChI=1S/C21H19N7O7/c1-10-3-5-11(6-4-10)23-19(30)17(26-27-21(22)32)15(20(31)35-2)16-18(29)25-14-9-12(28(33)34)7-8-13(14)24-16/h3-9,15H,1-2H3,(H,23,30)(H,25,29)(H3,22,27,32)/b26-17+/t15-/m1/s1. The van der Waals surface area contributed by atoms with Crippen LogP contribution in [0.25, 0.3) is 11.0 Å². The van der Waals surface area contributed by atoms with Crippen molar-refractivity contribution in [1.82, 2.24) is 15.4 Å². The van der Waals surface area contributed by atoms with E-state index in [-0.39, 0.29) is 16.7 Å². The van der Waals surface area contributed by atoms with E-state index < -0.39 is 45.7 Å². The molecule has 3 amide bonds. The molecule has 1 aromatic heterocycles. The van der Waals surface area contributed by atoms with Gasteiger partial charge in [0.15, 0.2) is 5.92 Å². The number of fused-ring (bicyclic) bond motifs is 1. The first-order valence-corrected chi connectivity index (χ1v) is 9.88. The van der Waals surface area contributed by atoms with Crippen LogP contribution in [-0.4, -0.2) is 45.6 Å². The molecule has 0 fully saturated rings. The molecule has 0 aliphatic carbocycles. The summed E-state index contributed by atoms with van der Waals surface area (Å²) >= 11 is 0. The number of nitro groups is 1. The van der Waals surface area contributed by atoms with E-state index in [9.17, 15) is 29.3 Å². The summed E-state index contributed by atoms with van der Waals surface area (Å²) in [5, 5.41) is 17.2. The largest absolute Gasteiger partial charge is 0.468 e. The molecule has 2 aromatic carbocycles. The first-order chi connectivity index (χ1) is 16.6. The van der Waals surface area contributed by atoms with Crippen molar-refractivity contribution in [2.24, 2.45) is 10.8 Å². The molecule has 0 aliphatic rings. The molecule has 3 rings (SSSR count). The lowest BCUT2D eigenvalue weighted by Gasteiger charge is -2.16. The van der Waals surface area contributed by atoms with Crippen LogP contribution in [-0.2, 0) is 14.3 Å². The second-order valence-electron chi connectivity index (χ2n) is 7.16. The molecule has 0 unspecified atom stereocenters. The summed E-state index contributed by atoms with van der Waals surface area (Å²) in [6.45, 7) is 1.84. The van der Waals surface area contributed by atoms with Crippen molar-refractivity contribution in [1.29, 1.82) is 0 Å². The summed E-state index contributed by atoms with van der Waals surface area (Å²) in [6.07, 6.45) is 0. The number of nitrogens with two attached hydrogens (primary N) is 1. The maximum absolute atomic E-state index is 13.1. The Morgan fingerprint density at radius 2 is 1.89 bits per heavy atom. The van der Waals surface area contributed by atoms with Gasteiger partial charge in [0.25, 0.3) is 17.2 Å². The molecule has 0 bridgehead atoms. The third kappa shape index (κ3) is 5.62. The molecule has 180 valence electrons. The Morgan fingerprint density at radius 3 is 2.49 bits per heavy atom. The number of rotatable bonds is 7. The number of urea groups is 1. The lowest BCUT2D eigenvalue weighted by molar-refractivity contribution is -0.384. The third-order valence-corrected chi connectivity index (χ3v) is 4.73. The van der Waals surface area contributed by atoms with Crippen molar-refractivity contribution in [2.75, 3.05) is 12.4 Å². The molecule has 5 N–H and O–H groups in total. The molecular weight excluding hydrogens is 462 g/mol. The number of non-ortho nitro benzene ring substituents is 1. The van der Waals surface area contributed by atoms with Gasteiger partial charge >= 0.3 is 12.0 Å². The number of aryl methyl sites for hydroxylation is 1. The van der Waals surface area contributed by atoms with Crippen LogP contribution < -0.4 is 22.0 Å². The average molecular weight is 481 g/mol. The normalized spacial score (nSPS) is 12.0. The van der Waals surface area contributed by atoms with Crippen molar-refractivity contribution >= 4 is 46.0 Å². The lowest BCUT2D eigenvalue weighted by Crippen LogP contribution is -2.39. The number of methoxy groups -OCH3 is 1. The van der Waals surface area contributed by atoms with Crippen LogP contribution in [0.2, 0.25) is 0 Å². The van der Waals surface area contributed by atoms with Crippen molar-refractivity contribution in [2.45, 2.75) is 12.8 Å². The van der Waals surface area contributed by atoms with Crippen molar-refractivity contribution in [3.05, 3.63) is 74.2 Å². The number of carbonyl (C=O) groups is 3. The van der Waals surface area contributed by atoms with E-state index in [1.54, 1.807) is 24.3 Å². The number of anilines is 1. The summed E-state index contributed by atoms with van der Waals surface area (Å²) < 4.78 is 4.76. The van der Waals surface area contributed by atoms with Crippen LogP contribution in [0, 0.1) is 17.0 Å². The second-order valence-corrected chi connectivity index (χ2v) is 7.16. The molecule has 1 heterocycles. The van der Waals surface area contributed by atoms with Gasteiger partial charge in [-0.1, -0.05) is 17.7 Å². The zero-order valence-corrected chi connectivity index (χ0v) is 18.4. The van der Waals surface area contributed by atoms with E-state index in [1.807, 2.05) is 12.3 Å². The highest BCUT2D eigenvalue weighted by Crippen LogP contribution is 2.21. The number of primary amides is 1. The summed E-state index contributed by atoms with van der Waals surface area (Å²) in [4.78, 5) is 66.8. The Labute approximate surface area is 196 Å². The van der Waals surface area contributed by atoms with Gasteiger partial charge in [0.2, 0.25) is 0 Å². The van der Waals surface area contributed by atoms with E-state index in [2.05, 4.69) is 20.4 Å². The van der Waals surface area contributed by atoms with Gasteiger partial charge in [-0.3, -0.25) is 24.5 Å².